The Balaban J connectivity index is 1.86. The maximum atomic E-state index is 14.1. The quantitative estimate of drug-likeness (QED) is 0.851. The minimum atomic E-state index is -0.827. The second kappa shape index (κ2) is 8.39. The van der Waals surface area contributed by atoms with Crippen molar-refractivity contribution >= 4 is 29.1 Å². The number of hydrogen-bond donors (Lipinski definition) is 1. The standard InChI is InChI=1S/C20H20ClFN2O3/c1-2-10-23-20(26)18-12-24(16-8-3-4-9-17(16)27-18)19(25)11-13-14(21)6-5-7-15(13)22/h3-9,18H,2,10-12H2,1H3,(H,23,26)/t18-/m1/s1. The number of fused-ring (bicyclic) bond motifs is 1. The van der Waals surface area contributed by atoms with Gasteiger partial charge in [-0.3, -0.25) is 9.59 Å². The number of hydrogen-bond acceptors (Lipinski definition) is 3. The van der Waals surface area contributed by atoms with E-state index in [-0.39, 0.29) is 35.4 Å². The van der Waals surface area contributed by atoms with Gasteiger partial charge in [0.25, 0.3) is 5.91 Å². The molecule has 2 amide bonds. The number of anilines is 1. The Labute approximate surface area is 162 Å². The van der Waals surface area contributed by atoms with Gasteiger partial charge >= 0.3 is 0 Å². The number of nitrogens with one attached hydrogen (secondary N) is 1. The number of nitrogens with zero attached hydrogens (tertiary/aromatic N) is 1. The van der Waals surface area contributed by atoms with Gasteiger partial charge in [-0.2, -0.15) is 0 Å². The van der Waals surface area contributed by atoms with Crippen molar-refractivity contribution in [2.75, 3.05) is 18.0 Å². The molecule has 0 saturated carbocycles. The van der Waals surface area contributed by atoms with E-state index in [1.807, 2.05) is 6.92 Å². The fraction of sp³-hybridized carbons (Fsp3) is 0.300. The first-order valence-corrected chi connectivity index (χ1v) is 9.15. The molecular formula is C20H20ClFN2O3. The van der Waals surface area contributed by atoms with Crippen LogP contribution in [0.5, 0.6) is 5.75 Å². The number of carbonyl (C=O) groups excluding carboxylic acids is 2. The smallest absolute Gasteiger partial charge is 0.262 e. The molecule has 2 aromatic carbocycles. The average molecular weight is 391 g/mol. The van der Waals surface area contributed by atoms with Crippen LogP contribution in [0.15, 0.2) is 42.5 Å². The number of para-hydroxylation sites is 2. The fourth-order valence-electron chi connectivity index (χ4n) is 2.92. The Hall–Kier alpha value is -2.60. The fourth-order valence-corrected chi connectivity index (χ4v) is 3.15. The van der Waals surface area contributed by atoms with Crippen molar-refractivity contribution in [3.8, 4) is 5.75 Å². The van der Waals surface area contributed by atoms with Gasteiger partial charge in [0.1, 0.15) is 11.6 Å². The molecule has 0 bridgehead atoms. The molecule has 1 atom stereocenters. The van der Waals surface area contributed by atoms with Gasteiger partial charge in [-0.05, 0) is 30.7 Å². The second-order valence-electron chi connectivity index (χ2n) is 6.25. The molecule has 0 aromatic heterocycles. The number of benzene rings is 2. The summed E-state index contributed by atoms with van der Waals surface area (Å²) < 4.78 is 19.8. The van der Waals surface area contributed by atoms with Gasteiger partial charge in [-0.15, -0.1) is 0 Å². The molecule has 142 valence electrons. The maximum Gasteiger partial charge on any atom is 0.262 e. The zero-order chi connectivity index (χ0) is 19.4. The molecule has 0 saturated heterocycles. The zero-order valence-electron chi connectivity index (χ0n) is 14.9. The van der Waals surface area contributed by atoms with Gasteiger partial charge in [0.15, 0.2) is 6.10 Å². The van der Waals surface area contributed by atoms with Crippen LogP contribution >= 0.6 is 11.6 Å². The summed E-state index contributed by atoms with van der Waals surface area (Å²) in [6.07, 6.45) is -0.237. The Bertz CT molecular complexity index is 839. The zero-order valence-corrected chi connectivity index (χ0v) is 15.6. The summed E-state index contributed by atoms with van der Waals surface area (Å²) in [6.45, 7) is 2.53. The third kappa shape index (κ3) is 4.22. The highest BCUT2D eigenvalue weighted by Gasteiger charge is 2.33. The third-order valence-corrected chi connectivity index (χ3v) is 4.66. The summed E-state index contributed by atoms with van der Waals surface area (Å²) in [5.41, 5.74) is 0.689. The Morgan fingerprint density at radius 3 is 2.78 bits per heavy atom. The minimum Gasteiger partial charge on any atom is -0.477 e. The SMILES string of the molecule is CCCNC(=O)[C@H]1CN(C(=O)Cc2c(F)cccc2Cl)c2ccccc2O1. The highest BCUT2D eigenvalue weighted by atomic mass is 35.5. The van der Waals surface area contributed by atoms with Crippen LogP contribution in [-0.4, -0.2) is 31.0 Å². The Kier molecular flexibility index (Phi) is 5.96. The van der Waals surface area contributed by atoms with Crippen molar-refractivity contribution in [1.29, 1.82) is 0 Å². The van der Waals surface area contributed by atoms with Crippen LogP contribution in [0.1, 0.15) is 18.9 Å². The summed E-state index contributed by atoms with van der Waals surface area (Å²) in [5, 5.41) is 2.97. The van der Waals surface area contributed by atoms with Crippen molar-refractivity contribution in [2.45, 2.75) is 25.9 Å². The lowest BCUT2D eigenvalue weighted by Gasteiger charge is -2.34. The van der Waals surface area contributed by atoms with Crippen molar-refractivity contribution < 1.29 is 18.7 Å². The largest absolute Gasteiger partial charge is 0.477 e. The highest BCUT2D eigenvalue weighted by Crippen LogP contribution is 2.34. The molecule has 0 fully saturated rings. The Morgan fingerprint density at radius 2 is 2.04 bits per heavy atom. The van der Waals surface area contributed by atoms with E-state index >= 15 is 0 Å². The normalized spacial score (nSPS) is 15.7. The van der Waals surface area contributed by atoms with Crippen LogP contribution in [0.3, 0.4) is 0 Å². The molecule has 2 aromatic rings. The highest BCUT2D eigenvalue weighted by molar-refractivity contribution is 6.31. The molecule has 0 unspecified atom stereocenters. The molecule has 7 heteroatoms. The number of halogens is 2. The minimum absolute atomic E-state index is 0.0530. The molecule has 1 heterocycles. The van der Waals surface area contributed by atoms with Crippen LogP contribution in [0.2, 0.25) is 5.02 Å². The molecule has 1 aliphatic rings. The van der Waals surface area contributed by atoms with Gasteiger partial charge in [0.05, 0.1) is 18.7 Å². The van der Waals surface area contributed by atoms with Crippen LogP contribution in [-0.2, 0) is 16.0 Å². The van der Waals surface area contributed by atoms with Gasteiger partial charge in [0.2, 0.25) is 5.91 Å². The Morgan fingerprint density at radius 1 is 1.26 bits per heavy atom. The van der Waals surface area contributed by atoms with E-state index in [2.05, 4.69) is 5.32 Å². The molecule has 1 N–H and O–H groups in total. The van der Waals surface area contributed by atoms with E-state index in [1.165, 1.54) is 17.0 Å². The molecule has 0 spiro atoms. The van der Waals surface area contributed by atoms with Crippen LogP contribution in [0, 0.1) is 5.82 Å². The predicted octanol–water partition coefficient (Wildman–Crippen LogP) is 3.34. The summed E-state index contributed by atoms with van der Waals surface area (Å²) in [6, 6.07) is 11.3. The summed E-state index contributed by atoms with van der Waals surface area (Å²) >= 11 is 6.05. The van der Waals surface area contributed by atoms with Crippen molar-refractivity contribution in [2.24, 2.45) is 0 Å². The second-order valence-corrected chi connectivity index (χ2v) is 6.65. The molecule has 0 radical (unpaired) electrons. The van der Waals surface area contributed by atoms with Crippen molar-refractivity contribution in [3.05, 3.63) is 58.9 Å². The van der Waals surface area contributed by atoms with Crippen LogP contribution in [0.25, 0.3) is 0 Å². The lowest BCUT2D eigenvalue weighted by molar-refractivity contribution is -0.128. The van der Waals surface area contributed by atoms with Crippen molar-refractivity contribution in [3.63, 3.8) is 0 Å². The summed E-state index contributed by atoms with van der Waals surface area (Å²) in [5.74, 6) is -0.734. The number of amides is 2. The van der Waals surface area contributed by atoms with Gasteiger partial charge in [-0.1, -0.05) is 36.7 Å². The third-order valence-electron chi connectivity index (χ3n) is 4.31. The number of ether oxygens (including phenoxy) is 1. The van der Waals surface area contributed by atoms with E-state index in [0.29, 0.717) is 18.0 Å². The van der Waals surface area contributed by atoms with Gasteiger partial charge in [-0.25, -0.2) is 4.39 Å². The summed E-state index contributed by atoms with van der Waals surface area (Å²) in [7, 11) is 0. The first kappa shape index (κ1) is 19.2. The van der Waals surface area contributed by atoms with Gasteiger partial charge < -0.3 is 15.0 Å². The maximum absolute atomic E-state index is 14.1. The molecule has 27 heavy (non-hydrogen) atoms. The van der Waals surface area contributed by atoms with E-state index in [0.717, 1.165) is 6.42 Å². The lowest BCUT2D eigenvalue weighted by atomic mass is 10.1. The van der Waals surface area contributed by atoms with E-state index < -0.39 is 11.9 Å². The molecule has 0 aliphatic carbocycles. The first-order chi connectivity index (χ1) is 13.0. The topological polar surface area (TPSA) is 58.6 Å². The van der Waals surface area contributed by atoms with E-state index in [4.69, 9.17) is 16.3 Å². The monoisotopic (exact) mass is 390 g/mol. The average Bonchev–Trinajstić information content (AvgIpc) is 2.68. The lowest BCUT2D eigenvalue weighted by Crippen LogP contribution is -2.51. The molecule has 1 aliphatic heterocycles. The molecular weight excluding hydrogens is 371 g/mol. The van der Waals surface area contributed by atoms with Crippen molar-refractivity contribution in [1.82, 2.24) is 5.32 Å². The van der Waals surface area contributed by atoms with Crippen LogP contribution < -0.4 is 15.0 Å². The summed E-state index contributed by atoms with van der Waals surface area (Å²) in [4.78, 5) is 26.7. The number of carbonyl (C=O) groups is 2. The number of rotatable bonds is 5. The predicted molar refractivity (Wildman–Crippen MR) is 102 cm³/mol. The van der Waals surface area contributed by atoms with Gasteiger partial charge in [0, 0.05) is 17.1 Å². The van der Waals surface area contributed by atoms with E-state index in [1.54, 1.807) is 30.3 Å². The molecule has 3 rings (SSSR count). The van der Waals surface area contributed by atoms with E-state index in [9.17, 15) is 14.0 Å². The molecule has 5 nitrogen and oxygen atoms in total. The van der Waals surface area contributed by atoms with Crippen LogP contribution in [0.4, 0.5) is 10.1 Å². The first-order valence-electron chi connectivity index (χ1n) is 8.78.